The van der Waals surface area contributed by atoms with E-state index in [0.29, 0.717) is 29.0 Å². The highest BCUT2D eigenvalue weighted by molar-refractivity contribution is 8.00. The Labute approximate surface area is 204 Å². The van der Waals surface area contributed by atoms with Crippen LogP contribution in [0.2, 0.25) is 0 Å². The number of amides is 1. The molecule has 0 fully saturated rings. The topological polar surface area (TPSA) is 114 Å². The molecule has 2 heterocycles. The first-order chi connectivity index (χ1) is 16.4. The van der Waals surface area contributed by atoms with Crippen molar-refractivity contribution in [3.05, 3.63) is 54.1 Å². The number of anilines is 2. The Balaban J connectivity index is 1.71. The smallest absolute Gasteiger partial charge is 0.251 e. The van der Waals surface area contributed by atoms with E-state index in [1.54, 1.807) is 44.4 Å². The zero-order chi connectivity index (χ0) is 24.6. The van der Waals surface area contributed by atoms with Crippen LogP contribution in [0, 0.1) is 0 Å². The molecular formula is C24H31N7O2S. The van der Waals surface area contributed by atoms with E-state index in [9.17, 15) is 4.79 Å². The van der Waals surface area contributed by atoms with Gasteiger partial charge in [-0.25, -0.2) is 19.9 Å². The predicted molar refractivity (Wildman–Crippen MR) is 137 cm³/mol. The number of carbonyl (C=O) groups excluding carboxylic acids is 1. The number of hydrogen-bond donors (Lipinski definition) is 3. The summed E-state index contributed by atoms with van der Waals surface area (Å²) in [5.74, 6) is 2.49. The van der Waals surface area contributed by atoms with Crippen molar-refractivity contribution in [2.45, 2.75) is 31.9 Å². The zero-order valence-electron chi connectivity index (χ0n) is 20.2. The molecule has 0 radical (unpaired) electrons. The van der Waals surface area contributed by atoms with Gasteiger partial charge in [0, 0.05) is 53.5 Å². The second-order valence-corrected chi connectivity index (χ2v) is 9.14. The fraction of sp³-hybridized carbons (Fsp3) is 0.375. The third-order valence-electron chi connectivity index (χ3n) is 5.53. The predicted octanol–water partition coefficient (Wildman–Crippen LogP) is 4.16. The summed E-state index contributed by atoms with van der Waals surface area (Å²) in [6.07, 6.45) is 5.89. The van der Waals surface area contributed by atoms with Crippen LogP contribution < -0.4 is 20.7 Å². The molecule has 1 aromatic carbocycles. The summed E-state index contributed by atoms with van der Waals surface area (Å²) in [6, 6.07) is 7.47. The fourth-order valence-electron chi connectivity index (χ4n) is 3.37. The van der Waals surface area contributed by atoms with Crippen molar-refractivity contribution in [1.29, 1.82) is 0 Å². The van der Waals surface area contributed by atoms with E-state index in [4.69, 9.17) is 4.74 Å². The fourth-order valence-corrected chi connectivity index (χ4v) is 4.44. The number of nitrogens with one attached hydrogen (secondary N) is 3. The number of thioether (sulfide) groups is 1. The van der Waals surface area contributed by atoms with Crippen molar-refractivity contribution in [2.75, 3.05) is 37.2 Å². The van der Waals surface area contributed by atoms with Crippen LogP contribution in [0.15, 0.2) is 43.0 Å². The van der Waals surface area contributed by atoms with E-state index in [-0.39, 0.29) is 10.7 Å². The van der Waals surface area contributed by atoms with Gasteiger partial charge in [0.05, 0.1) is 18.7 Å². The maximum absolute atomic E-state index is 12.0. The molecule has 0 bridgehead atoms. The molecule has 0 aliphatic carbocycles. The minimum absolute atomic E-state index is 0.140. The van der Waals surface area contributed by atoms with Crippen molar-refractivity contribution in [2.24, 2.45) is 0 Å². The molecule has 3 N–H and O–H groups in total. The van der Waals surface area contributed by atoms with Gasteiger partial charge in [0.1, 0.15) is 17.9 Å². The third kappa shape index (κ3) is 5.93. The molecule has 3 rings (SSSR count). The van der Waals surface area contributed by atoms with Gasteiger partial charge in [0.25, 0.3) is 5.91 Å². The van der Waals surface area contributed by atoms with Crippen LogP contribution in [0.5, 0.6) is 5.75 Å². The van der Waals surface area contributed by atoms with Crippen molar-refractivity contribution in [1.82, 2.24) is 25.3 Å². The Bertz CT molecular complexity index is 1110. The van der Waals surface area contributed by atoms with Crippen LogP contribution in [-0.2, 0) is 4.75 Å². The van der Waals surface area contributed by atoms with E-state index >= 15 is 0 Å². The van der Waals surface area contributed by atoms with Crippen LogP contribution in [0.25, 0.3) is 11.3 Å². The van der Waals surface area contributed by atoms with Crippen LogP contribution in [0.3, 0.4) is 0 Å². The first-order valence-corrected chi connectivity index (χ1v) is 12.1. The summed E-state index contributed by atoms with van der Waals surface area (Å²) < 4.78 is 5.40. The standard InChI is InChI=1S/C24H31N7O2S/c1-6-24(3,18-9-8-16(22(32)25-4)10-20(18)33-5)34-15-31-21-11-19(29-14-30-21)17-12-27-23(26-7-2)28-13-17/h8-14H,6-7,15H2,1-5H3,(H,25,32)(H,26,27,28)(H,29,30,31)/t24-/m0/s1. The lowest BCUT2D eigenvalue weighted by atomic mass is 9.95. The van der Waals surface area contributed by atoms with Crippen molar-refractivity contribution >= 4 is 29.4 Å². The molecule has 0 spiro atoms. The zero-order valence-corrected chi connectivity index (χ0v) is 21.0. The Morgan fingerprint density at radius 3 is 2.50 bits per heavy atom. The van der Waals surface area contributed by atoms with E-state index in [1.807, 2.05) is 25.1 Å². The SMILES string of the molecule is CCNc1ncc(-c2cc(NCS[C@@](C)(CC)c3ccc(C(=O)NC)cc3OC)ncn2)cn1. The minimum Gasteiger partial charge on any atom is -0.496 e. The monoisotopic (exact) mass is 481 g/mol. The molecule has 0 aliphatic heterocycles. The molecule has 0 aliphatic rings. The van der Waals surface area contributed by atoms with Crippen molar-refractivity contribution in [3.63, 3.8) is 0 Å². The quantitative estimate of drug-likeness (QED) is 0.347. The Morgan fingerprint density at radius 1 is 1.09 bits per heavy atom. The molecular weight excluding hydrogens is 450 g/mol. The number of benzene rings is 1. The number of nitrogens with zero attached hydrogens (tertiary/aromatic N) is 4. The number of carbonyl (C=O) groups is 1. The van der Waals surface area contributed by atoms with Gasteiger partial charge in [-0.05, 0) is 32.4 Å². The van der Waals surface area contributed by atoms with Gasteiger partial charge < -0.3 is 20.7 Å². The molecule has 2 aromatic heterocycles. The van der Waals surface area contributed by atoms with Crippen molar-refractivity contribution < 1.29 is 9.53 Å². The summed E-state index contributed by atoms with van der Waals surface area (Å²) in [6.45, 7) is 7.07. The number of aromatic nitrogens is 4. The maximum Gasteiger partial charge on any atom is 0.251 e. The molecule has 1 amide bonds. The highest BCUT2D eigenvalue weighted by Gasteiger charge is 2.29. The third-order valence-corrected chi connectivity index (χ3v) is 6.96. The number of ether oxygens (including phenoxy) is 1. The van der Waals surface area contributed by atoms with Gasteiger partial charge in [-0.3, -0.25) is 4.79 Å². The molecule has 0 saturated heterocycles. The molecule has 1 atom stereocenters. The highest BCUT2D eigenvalue weighted by atomic mass is 32.2. The van der Waals surface area contributed by atoms with Gasteiger partial charge in [0.2, 0.25) is 5.95 Å². The van der Waals surface area contributed by atoms with E-state index in [1.165, 1.54) is 6.33 Å². The van der Waals surface area contributed by atoms with Crippen molar-refractivity contribution in [3.8, 4) is 17.0 Å². The summed E-state index contributed by atoms with van der Waals surface area (Å²) in [5.41, 5.74) is 3.17. The summed E-state index contributed by atoms with van der Waals surface area (Å²) in [7, 11) is 3.24. The van der Waals surface area contributed by atoms with Crippen LogP contribution in [-0.4, -0.2) is 52.4 Å². The average molecular weight is 482 g/mol. The van der Waals surface area contributed by atoms with Gasteiger partial charge in [-0.1, -0.05) is 13.0 Å². The second kappa shape index (κ2) is 11.6. The summed E-state index contributed by atoms with van der Waals surface area (Å²) >= 11 is 1.75. The molecule has 3 aromatic rings. The van der Waals surface area contributed by atoms with Crippen LogP contribution in [0.4, 0.5) is 11.8 Å². The summed E-state index contributed by atoms with van der Waals surface area (Å²) in [4.78, 5) is 29.3. The molecule has 10 heteroatoms. The van der Waals surface area contributed by atoms with Crippen LogP contribution in [0.1, 0.15) is 43.1 Å². The average Bonchev–Trinajstić information content (AvgIpc) is 2.88. The number of hydrogen-bond acceptors (Lipinski definition) is 9. The Kier molecular flexibility index (Phi) is 8.64. The lowest BCUT2D eigenvalue weighted by Crippen LogP contribution is -2.22. The van der Waals surface area contributed by atoms with Gasteiger partial charge in [-0.2, -0.15) is 0 Å². The molecule has 9 nitrogen and oxygen atoms in total. The number of methoxy groups -OCH3 is 1. The number of rotatable bonds is 11. The second-order valence-electron chi connectivity index (χ2n) is 7.66. The van der Waals surface area contributed by atoms with E-state index in [2.05, 4.69) is 49.7 Å². The van der Waals surface area contributed by atoms with E-state index in [0.717, 1.165) is 29.8 Å². The lowest BCUT2D eigenvalue weighted by Gasteiger charge is -2.30. The first-order valence-electron chi connectivity index (χ1n) is 11.1. The Morgan fingerprint density at radius 2 is 1.85 bits per heavy atom. The highest BCUT2D eigenvalue weighted by Crippen LogP contribution is 2.43. The minimum atomic E-state index is -0.231. The van der Waals surface area contributed by atoms with Gasteiger partial charge >= 0.3 is 0 Å². The van der Waals surface area contributed by atoms with E-state index < -0.39 is 0 Å². The first kappa shape index (κ1) is 25.2. The molecule has 0 saturated carbocycles. The molecule has 0 unspecified atom stereocenters. The Hall–Kier alpha value is -3.40. The molecule has 34 heavy (non-hydrogen) atoms. The largest absolute Gasteiger partial charge is 0.496 e. The van der Waals surface area contributed by atoms with Crippen LogP contribution >= 0.6 is 11.8 Å². The molecule has 180 valence electrons. The maximum atomic E-state index is 12.0. The van der Waals surface area contributed by atoms with Gasteiger partial charge in [-0.15, -0.1) is 11.8 Å². The van der Waals surface area contributed by atoms with Gasteiger partial charge in [0.15, 0.2) is 0 Å². The normalized spacial score (nSPS) is 12.5. The lowest BCUT2D eigenvalue weighted by molar-refractivity contribution is 0.0962. The summed E-state index contributed by atoms with van der Waals surface area (Å²) in [5, 5.41) is 9.10.